The number of hydrogen-bond donors (Lipinski definition) is 0. The SMILES string of the molecule is CCC1CCC(CCC2CCC(C)CC2CC)CC1.CCCCC1C(C)CC2CCCC2C1C1CCC(C(C)C)CC1. The van der Waals surface area contributed by atoms with Crippen molar-refractivity contribution in [1.29, 1.82) is 0 Å². The second-order valence-corrected chi connectivity index (χ2v) is 17.6. The molecule has 5 saturated carbocycles. The van der Waals surface area contributed by atoms with Crippen LogP contribution in [0.3, 0.4) is 0 Å². The lowest BCUT2D eigenvalue weighted by Crippen LogP contribution is -2.42. The average Bonchev–Trinajstić information content (AvgIpc) is 3.47. The van der Waals surface area contributed by atoms with Gasteiger partial charge in [0.15, 0.2) is 0 Å². The van der Waals surface area contributed by atoms with Crippen LogP contribution >= 0.6 is 0 Å². The Hall–Kier alpha value is 0. The Kier molecular flexibility index (Phi) is 14.6. The molecule has 5 fully saturated rings. The Balaban J connectivity index is 0.000000197. The molecule has 8 unspecified atom stereocenters. The molecule has 0 radical (unpaired) electrons. The van der Waals surface area contributed by atoms with Crippen molar-refractivity contribution >= 4 is 0 Å². The van der Waals surface area contributed by atoms with Crippen LogP contribution in [0.1, 0.15) is 190 Å². The molecule has 42 heavy (non-hydrogen) atoms. The number of hydrogen-bond acceptors (Lipinski definition) is 0. The standard InChI is InChI=1S/C23H42.C19H36/c1-5-6-9-21-17(4)15-20-8-7-10-22(20)23(21)19-13-11-18(12-14-19)16(2)3;1-4-16-7-9-17(10-8-16)11-13-19-12-6-15(3)14-18(19)5-2/h16-23H,5-15H2,1-4H3;15-19H,4-14H2,1-3H3. The molecule has 5 rings (SSSR count). The van der Waals surface area contributed by atoms with Crippen LogP contribution in [0.15, 0.2) is 0 Å². The van der Waals surface area contributed by atoms with Gasteiger partial charge in [0.25, 0.3) is 0 Å². The molecule has 0 aromatic heterocycles. The van der Waals surface area contributed by atoms with Crippen molar-refractivity contribution in [2.24, 2.45) is 76.9 Å². The van der Waals surface area contributed by atoms with E-state index in [0.717, 1.165) is 76.9 Å². The first kappa shape index (κ1) is 34.9. The van der Waals surface area contributed by atoms with Gasteiger partial charge in [-0.25, -0.2) is 0 Å². The van der Waals surface area contributed by atoms with Gasteiger partial charge >= 0.3 is 0 Å². The maximum Gasteiger partial charge on any atom is -0.0324 e. The largest absolute Gasteiger partial charge is 0.0654 e. The Morgan fingerprint density at radius 3 is 1.95 bits per heavy atom. The third kappa shape index (κ3) is 9.51. The van der Waals surface area contributed by atoms with Gasteiger partial charge in [0, 0.05) is 0 Å². The van der Waals surface area contributed by atoms with E-state index < -0.39 is 0 Å². The van der Waals surface area contributed by atoms with Gasteiger partial charge in [-0.1, -0.05) is 126 Å². The van der Waals surface area contributed by atoms with Gasteiger partial charge < -0.3 is 0 Å². The lowest BCUT2D eigenvalue weighted by Gasteiger charge is -2.50. The minimum atomic E-state index is 0.913. The molecule has 0 aromatic rings. The van der Waals surface area contributed by atoms with Gasteiger partial charge in [-0.2, -0.15) is 0 Å². The molecule has 5 aliphatic carbocycles. The first-order valence-electron chi connectivity index (χ1n) is 20.3. The predicted octanol–water partition coefficient (Wildman–Crippen LogP) is 13.8. The van der Waals surface area contributed by atoms with Crippen LogP contribution in [0.5, 0.6) is 0 Å². The van der Waals surface area contributed by atoms with Crippen LogP contribution in [0, 0.1) is 76.9 Å². The van der Waals surface area contributed by atoms with E-state index in [1.54, 1.807) is 64.2 Å². The molecule has 0 bridgehead atoms. The summed E-state index contributed by atoms with van der Waals surface area (Å²) in [5, 5.41) is 0. The summed E-state index contributed by atoms with van der Waals surface area (Å²) in [7, 11) is 0. The lowest BCUT2D eigenvalue weighted by atomic mass is 9.56. The molecule has 5 aliphatic rings. The van der Waals surface area contributed by atoms with E-state index in [4.69, 9.17) is 0 Å². The highest BCUT2D eigenvalue weighted by molar-refractivity contribution is 4.97. The fourth-order valence-electron chi connectivity index (χ4n) is 11.8. The van der Waals surface area contributed by atoms with Crippen LogP contribution in [-0.2, 0) is 0 Å². The summed E-state index contributed by atoms with van der Waals surface area (Å²) >= 11 is 0. The van der Waals surface area contributed by atoms with E-state index >= 15 is 0 Å². The van der Waals surface area contributed by atoms with E-state index in [0.29, 0.717) is 0 Å². The highest BCUT2D eigenvalue weighted by Gasteiger charge is 2.47. The molecule has 0 spiro atoms. The predicted molar refractivity (Wildman–Crippen MR) is 187 cm³/mol. The van der Waals surface area contributed by atoms with E-state index in [-0.39, 0.29) is 0 Å². The Bertz CT molecular complexity index is 706. The van der Waals surface area contributed by atoms with Crippen molar-refractivity contribution in [3.63, 3.8) is 0 Å². The number of unbranched alkanes of at least 4 members (excludes halogenated alkanes) is 1. The van der Waals surface area contributed by atoms with Gasteiger partial charge in [-0.3, -0.25) is 0 Å². The van der Waals surface area contributed by atoms with Crippen molar-refractivity contribution < 1.29 is 0 Å². The minimum Gasteiger partial charge on any atom is -0.0654 e. The first-order valence-corrected chi connectivity index (χ1v) is 20.3. The van der Waals surface area contributed by atoms with Crippen LogP contribution in [-0.4, -0.2) is 0 Å². The van der Waals surface area contributed by atoms with Crippen LogP contribution in [0.2, 0.25) is 0 Å². The molecule has 0 heterocycles. The van der Waals surface area contributed by atoms with Crippen molar-refractivity contribution in [2.45, 2.75) is 190 Å². The highest BCUT2D eigenvalue weighted by Crippen LogP contribution is 2.56. The van der Waals surface area contributed by atoms with E-state index in [1.807, 2.05) is 0 Å². The van der Waals surface area contributed by atoms with Gasteiger partial charge in [-0.15, -0.1) is 0 Å². The molecule has 0 aromatic carbocycles. The zero-order valence-corrected chi connectivity index (χ0v) is 30.1. The molecule has 0 aliphatic heterocycles. The van der Waals surface area contributed by atoms with Crippen molar-refractivity contribution in [3.05, 3.63) is 0 Å². The molecule has 0 saturated heterocycles. The second kappa shape index (κ2) is 17.6. The molecular formula is C42H78. The maximum absolute atomic E-state index is 2.61. The Morgan fingerprint density at radius 1 is 0.595 bits per heavy atom. The molecule has 0 amide bonds. The summed E-state index contributed by atoms with van der Waals surface area (Å²) in [6.07, 6.45) is 33.5. The van der Waals surface area contributed by atoms with E-state index in [1.165, 1.54) is 77.0 Å². The topological polar surface area (TPSA) is 0 Å². The van der Waals surface area contributed by atoms with Crippen molar-refractivity contribution in [2.75, 3.05) is 0 Å². The molecule has 0 heteroatoms. The quantitative estimate of drug-likeness (QED) is 0.240. The van der Waals surface area contributed by atoms with Gasteiger partial charge in [0.05, 0.1) is 0 Å². The summed E-state index contributed by atoms with van der Waals surface area (Å²) in [5.41, 5.74) is 0. The zero-order valence-electron chi connectivity index (χ0n) is 30.1. The normalized spacial score (nSPS) is 42.6. The van der Waals surface area contributed by atoms with Crippen molar-refractivity contribution in [1.82, 2.24) is 0 Å². The zero-order chi connectivity index (χ0) is 30.1. The number of rotatable bonds is 10. The molecular weight excluding hydrogens is 504 g/mol. The fraction of sp³-hybridized carbons (Fsp3) is 1.00. The summed E-state index contributed by atoms with van der Waals surface area (Å²) < 4.78 is 0. The average molecular weight is 583 g/mol. The van der Waals surface area contributed by atoms with Gasteiger partial charge in [0.1, 0.15) is 0 Å². The fourth-order valence-corrected chi connectivity index (χ4v) is 11.8. The lowest BCUT2D eigenvalue weighted by molar-refractivity contribution is -0.00486. The third-order valence-electron chi connectivity index (χ3n) is 14.7. The summed E-state index contributed by atoms with van der Waals surface area (Å²) in [5.74, 6) is 13.7. The highest BCUT2D eigenvalue weighted by atomic mass is 14.5. The van der Waals surface area contributed by atoms with Crippen LogP contribution < -0.4 is 0 Å². The maximum atomic E-state index is 2.61. The summed E-state index contributed by atoms with van der Waals surface area (Å²) in [6, 6.07) is 0. The van der Waals surface area contributed by atoms with Crippen molar-refractivity contribution in [3.8, 4) is 0 Å². The minimum absolute atomic E-state index is 0.913. The molecule has 0 nitrogen and oxygen atoms in total. The van der Waals surface area contributed by atoms with Crippen LogP contribution in [0.25, 0.3) is 0 Å². The third-order valence-corrected chi connectivity index (χ3v) is 14.7. The van der Waals surface area contributed by atoms with E-state index in [2.05, 4.69) is 48.5 Å². The monoisotopic (exact) mass is 583 g/mol. The first-order chi connectivity index (χ1) is 20.3. The molecule has 8 atom stereocenters. The smallest absolute Gasteiger partial charge is 0.0324 e. The van der Waals surface area contributed by atoms with Gasteiger partial charge in [0.2, 0.25) is 0 Å². The summed E-state index contributed by atoms with van der Waals surface area (Å²) in [4.78, 5) is 0. The van der Waals surface area contributed by atoms with Gasteiger partial charge in [-0.05, 0) is 141 Å². The second-order valence-electron chi connectivity index (χ2n) is 17.6. The Labute approximate surface area is 266 Å². The Morgan fingerprint density at radius 2 is 1.31 bits per heavy atom. The molecule has 246 valence electrons. The number of fused-ring (bicyclic) bond motifs is 1. The summed E-state index contributed by atoms with van der Waals surface area (Å²) in [6.45, 7) is 17.2. The molecule has 0 N–H and O–H groups in total. The van der Waals surface area contributed by atoms with E-state index in [9.17, 15) is 0 Å². The van der Waals surface area contributed by atoms with Crippen LogP contribution in [0.4, 0.5) is 0 Å².